The first-order chi connectivity index (χ1) is 23.7. The van der Waals surface area contributed by atoms with Gasteiger partial charge in [0.25, 0.3) is 5.69 Å². The first kappa shape index (κ1) is 38.2. The van der Waals surface area contributed by atoms with Crippen LogP contribution in [0.3, 0.4) is 0 Å². The SMILES string of the molecule is C=CCOC(=O)Nc1cc(COC(=O)Oc2ccc([N+](=O)[O-])cc2)ccc1OC1OC(C(=O)OC)C(OC(C)=O)C(OC(C)=O)C1OC(C)=O. The normalized spacial score (nSPS) is 19.4. The number of nitrogens with zero attached hydrogens (tertiary/aromatic N) is 1. The van der Waals surface area contributed by atoms with Gasteiger partial charge in [-0.3, -0.25) is 29.8 Å². The molecular formula is C31H32N2O17. The minimum absolute atomic E-state index is 0.0280. The Bertz CT molecular complexity index is 1610. The molecule has 1 amide bonds. The molecule has 0 radical (unpaired) electrons. The Morgan fingerprint density at radius 3 is 2.10 bits per heavy atom. The monoisotopic (exact) mass is 704 g/mol. The maximum absolute atomic E-state index is 12.8. The van der Waals surface area contributed by atoms with Crippen molar-refractivity contribution in [3.63, 3.8) is 0 Å². The molecule has 19 heteroatoms. The molecule has 0 bridgehead atoms. The highest BCUT2D eigenvalue weighted by molar-refractivity contribution is 5.87. The van der Waals surface area contributed by atoms with Crippen molar-refractivity contribution < 1.29 is 76.3 Å². The first-order valence-electron chi connectivity index (χ1n) is 14.4. The maximum Gasteiger partial charge on any atom is 0.514 e. The van der Waals surface area contributed by atoms with Gasteiger partial charge in [0.05, 0.1) is 17.7 Å². The van der Waals surface area contributed by atoms with Crippen LogP contribution < -0.4 is 14.8 Å². The molecule has 0 aromatic heterocycles. The van der Waals surface area contributed by atoms with Crippen LogP contribution in [0.15, 0.2) is 55.1 Å². The number of ether oxygens (including phenoxy) is 9. The summed E-state index contributed by atoms with van der Waals surface area (Å²) in [6.45, 7) is 5.94. The standard InChI is InChI=1S/C31H32N2O17/c1-6-13-43-30(38)32-22-14-19(15-44-31(39)48-21-10-8-20(9-11-21)33(40)41)7-12-23(22)49-29-27(47-18(4)36)25(46-17(3)35)24(45-16(2)34)26(50-29)28(37)42-5/h6-12,14,24-27,29H,1,13,15H2,2-5H3,(H,32,38). The van der Waals surface area contributed by atoms with Crippen molar-refractivity contribution in [3.05, 3.63) is 70.8 Å². The van der Waals surface area contributed by atoms with Crippen LogP contribution in [0.2, 0.25) is 0 Å². The molecule has 1 fully saturated rings. The number of hydrogen-bond acceptors (Lipinski definition) is 17. The van der Waals surface area contributed by atoms with E-state index in [2.05, 4.69) is 11.9 Å². The molecule has 1 aliphatic rings. The summed E-state index contributed by atoms with van der Waals surface area (Å²) in [6.07, 6.45) is -9.30. The van der Waals surface area contributed by atoms with E-state index in [9.17, 15) is 38.9 Å². The summed E-state index contributed by atoms with van der Waals surface area (Å²) in [6, 6.07) is 8.63. The van der Waals surface area contributed by atoms with Crippen LogP contribution >= 0.6 is 0 Å². The lowest BCUT2D eigenvalue weighted by atomic mass is 9.97. The molecule has 0 spiro atoms. The molecule has 19 nitrogen and oxygen atoms in total. The van der Waals surface area contributed by atoms with Crippen LogP contribution in [0.25, 0.3) is 0 Å². The fraction of sp³-hybridized carbons (Fsp3) is 0.355. The van der Waals surface area contributed by atoms with Gasteiger partial charge in [0, 0.05) is 32.9 Å². The molecule has 1 aliphatic heterocycles. The lowest BCUT2D eigenvalue weighted by Gasteiger charge is -2.43. The van der Waals surface area contributed by atoms with E-state index in [4.69, 9.17) is 42.6 Å². The second-order valence-corrected chi connectivity index (χ2v) is 10.0. The average Bonchev–Trinajstić information content (AvgIpc) is 3.05. The van der Waals surface area contributed by atoms with Gasteiger partial charge >= 0.3 is 36.1 Å². The van der Waals surface area contributed by atoms with Crippen molar-refractivity contribution in [2.75, 3.05) is 19.0 Å². The number of benzene rings is 2. The van der Waals surface area contributed by atoms with Crippen LogP contribution in [0.1, 0.15) is 26.3 Å². The van der Waals surface area contributed by atoms with Crippen molar-refractivity contribution in [1.82, 2.24) is 0 Å². The highest BCUT2D eigenvalue weighted by Gasteiger charge is 2.56. The second kappa shape index (κ2) is 17.8. The molecule has 50 heavy (non-hydrogen) atoms. The van der Waals surface area contributed by atoms with Gasteiger partial charge in [-0.05, 0) is 29.8 Å². The van der Waals surface area contributed by atoms with E-state index in [1.165, 1.54) is 36.4 Å². The fourth-order valence-corrected chi connectivity index (χ4v) is 4.35. The van der Waals surface area contributed by atoms with Crippen molar-refractivity contribution in [2.45, 2.75) is 58.1 Å². The molecule has 5 atom stereocenters. The van der Waals surface area contributed by atoms with Gasteiger partial charge in [-0.1, -0.05) is 18.7 Å². The molecular weight excluding hydrogens is 672 g/mol. The number of rotatable bonds is 13. The Morgan fingerprint density at radius 1 is 0.900 bits per heavy atom. The predicted molar refractivity (Wildman–Crippen MR) is 163 cm³/mol. The van der Waals surface area contributed by atoms with E-state index >= 15 is 0 Å². The van der Waals surface area contributed by atoms with Crippen LogP contribution in [0.4, 0.5) is 21.0 Å². The first-order valence-corrected chi connectivity index (χ1v) is 14.4. The zero-order valence-corrected chi connectivity index (χ0v) is 27.0. The smallest absolute Gasteiger partial charge is 0.467 e. The number of nitro benzene ring substituents is 1. The van der Waals surface area contributed by atoms with Gasteiger partial charge in [-0.15, -0.1) is 0 Å². The number of nitrogens with one attached hydrogen (secondary N) is 1. The maximum atomic E-state index is 12.8. The van der Waals surface area contributed by atoms with E-state index in [0.717, 1.165) is 40.0 Å². The molecule has 2 aromatic rings. The average molecular weight is 705 g/mol. The van der Waals surface area contributed by atoms with Crippen LogP contribution in [0.5, 0.6) is 11.5 Å². The minimum Gasteiger partial charge on any atom is -0.467 e. The molecule has 0 aliphatic carbocycles. The number of carbonyl (C=O) groups is 6. The van der Waals surface area contributed by atoms with Gasteiger partial charge in [0.15, 0.2) is 18.3 Å². The van der Waals surface area contributed by atoms with E-state index in [0.29, 0.717) is 0 Å². The highest BCUT2D eigenvalue weighted by Crippen LogP contribution is 2.34. The minimum atomic E-state index is -1.76. The molecule has 2 aromatic carbocycles. The lowest BCUT2D eigenvalue weighted by molar-refractivity contribution is -0.384. The largest absolute Gasteiger partial charge is 0.514 e. The number of non-ortho nitro benzene ring substituents is 1. The number of hydrogen-bond donors (Lipinski definition) is 1. The summed E-state index contributed by atoms with van der Waals surface area (Å²) in [4.78, 5) is 84.0. The number of methoxy groups -OCH3 is 1. The number of nitro groups is 1. The molecule has 1 N–H and O–H groups in total. The zero-order valence-electron chi connectivity index (χ0n) is 27.0. The van der Waals surface area contributed by atoms with E-state index in [1.54, 1.807) is 0 Å². The topological polar surface area (TPSA) is 241 Å². The van der Waals surface area contributed by atoms with Crippen molar-refractivity contribution in [1.29, 1.82) is 0 Å². The summed E-state index contributed by atoms with van der Waals surface area (Å²) in [5, 5.41) is 13.3. The number of anilines is 1. The van der Waals surface area contributed by atoms with Gasteiger partial charge in [0.1, 0.15) is 24.7 Å². The molecule has 5 unspecified atom stereocenters. The molecule has 0 saturated carbocycles. The van der Waals surface area contributed by atoms with Crippen LogP contribution in [-0.4, -0.2) is 85.5 Å². The van der Waals surface area contributed by atoms with Crippen molar-refractivity contribution in [3.8, 4) is 11.5 Å². The lowest BCUT2D eigenvalue weighted by Crippen LogP contribution is -2.64. The third-order valence-electron chi connectivity index (χ3n) is 6.30. The number of esters is 4. The quantitative estimate of drug-likeness (QED) is 0.0786. The Kier molecular flexibility index (Phi) is 13.6. The fourth-order valence-electron chi connectivity index (χ4n) is 4.35. The van der Waals surface area contributed by atoms with Gasteiger partial charge in [-0.2, -0.15) is 0 Å². The van der Waals surface area contributed by atoms with Crippen molar-refractivity contribution >= 4 is 47.5 Å². The Morgan fingerprint density at radius 2 is 1.52 bits per heavy atom. The summed E-state index contributed by atoms with van der Waals surface area (Å²) in [5.41, 5.74) is -0.0718. The summed E-state index contributed by atoms with van der Waals surface area (Å²) < 4.78 is 47.5. The molecule has 1 saturated heterocycles. The molecule has 1 heterocycles. The number of carbonyl (C=O) groups excluding carboxylic acids is 6. The molecule has 268 valence electrons. The Balaban J connectivity index is 1.94. The molecule has 3 rings (SSSR count). The Labute approximate surface area is 283 Å². The predicted octanol–water partition coefficient (Wildman–Crippen LogP) is 3.12. The van der Waals surface area contributed by atoms with Gasteiger partial charge in [0.2, 0.25) is 12.4 Å². The summed E-state index contributed by atoms with van der Waals surface area (Å²) in [7, 11) is 1.02. The van der Waals surface area contributed by atoms with Crippen LogP contribution in [-0.2, 0) is 58.9 Å². The Hall–Kier alpha value is -6.24. The highest BCUT2D eigenvalue weighted by atomic mass is 16.7. The summed E-state index contributed by atoms with van der Waals surface area (Å²) in [5.74, 6) is -3.98. The van der Waals surface area contributed by atoms with Gasteiger partial charge < -0.3 is 42.6 Å². The second-order valence-electron chi connectivity index (χ2n) is 10.0. The van der Waals surface area contributed by atoms with Crippen LogP contribution in [0, 0.1) is 10.1 Å². The zero-order chi connectivity index (χ0) is 37.0. The van der Waals surface area contributed by atoms with E-state index < -0.39 is 78.4 Å². The van der Waals surface area contributed by atoms with Crippen molar-refractivity contribution in [2.24, 2.45) is 0 Å². The van der Waals surface area contributed by atoms with E-state index in [1.807, 2.05) is 0 Å². The number of amides is 1. The van der Waals surface area contributed by atoms with Gasteiger partial charge in [-0.25, -0.2) is 14.4 Å². The summed E-state index contributed by atoms with van der Waals surface area (Å²) >= 11 is 0. The third kappa shape index (κ3) is 10.9. The third-order valence-corrected chi connectivity index (χ3v) is 6.30. The van der Waals surface area contributed by atoms with E-state index in [-0.39, 0.29) is 35.0 Å².